The molecule has 0 amide bonds. The molecule has 0 aromatic carbocycles. The van der Waals surface area contributed by atoms with Gasteiger partial charge in [0.1, 0.15) is 0 Å². The van der Waals surface area contributed by atoms with E-state index in [9.17, 15) is 0 Å². The molecule has 4 heteroatoms. The second-order valence-electron chi connectivity index (χ2n) is 0.0825. The van der Waals surface area contributed by atoms with Crippen molar-refractivity contribution in [3.05, 3.63) is 0 Å². The molecule has 4 heavy (non-hydrogen) atoms. The third-order valence-corrected chi connectivity index (χ3v) is 0. The van der Waals surface area contributed by atoms with Gasteiger partial charge in [0.2, 0.25) is 0 Å². The predicted octanol–water partition coefficient (Wildman–Crippen LogP) is 1.42. The van der Waals surface area contributed by atoms with Gasteiger partial charge in [-0.15, -0.1) is 12.4 Å². The summed E-state index contributed by atoms with van der Waals surface area (Å²) in [4.78, 5) is 0. The molecule has 0 heterocycles. The standard InChI is InChI=1S/Al.3ClH/h;3*1H/q+2;;;/p-2. The van der Waals surface area contributed by atoms with Gasteiger partial charge in [0.15, 0.2) is 0 Å². The highest BCUT2D eigenvalue weighted by Gasteiger charge is 1.59. The zero-order valence-electron chi connectivity index (χ0n) is 1.74. The molecule has 0 aromatic rings. The van der Waals surface area contributed by atoms with Crippen LogP contribution >= 0.6 is 32.5 Å². The molecule has 0 saturated carbocycles. The number of hydrogen-bond acceptors (Lipinski definition) is 0. The zero-order chi connectivity index (χ0) is 2.71. The molecule has 0 saturated heterocycles. The van der Waals surface area contributed by atoms with Crippen LogP contribution in [0.5, 0.6) is 0 Å². The van der Waals surface area contributed by atoms with E-state index in [-0.39, 0.29) is 25.8 Å². The van der Waals surface area contributed by atoms with Gasteiger partial charge in [0, 0.05) is 0 Å². The van der Waals surface area contributed by atoms with Crippen molar-refractivity contribution < 1.29 is 0 Å². The summed E-state index contributed by atoms with van der Waals surface area (Å²) in [5, 5.41) is 0. The maximum Gasteiger partial charge on any atom is 0.495 e. The van der Waals surface area contributed by atoms with Crippen molar-refractivity contribution in [3.63, 3.8) is 0 Å². The van der Waals surface area contributed by atoms with Crippen LogP contribution in [0.4, 0.5) is 0 Å². The van der Waals surface area contributed by atoms with Gasteiger partial charge in [0.25, 0.3) is 0 Å². The maximum absolute atomic E-state index is 4.85. The Morgan fingerprint density at radius 2 is 1.25 bits per heavy atom. The minimum Gasteiger partial charge on any atom is -0.248 e. The molecule has 0 aliphatic rings. The average molecular weight is 134 g/mol. The molecule has 0 nitrogen and oxygen atoms in total. The third kappa shape index (κ3) is 9.98. The molecule has 0 fully saturated rings. The number of halogens is 3. The second kappa shape index (κ2) is 8.83. The van der Waals surface area contributed by atoms with Crippen molar-refractivity contribution in [2.24, 2.45) is 0 Å². The molecule has 0 aliphatic heterocycles. The predicted molar refractivity (Wildman–Crippen MR) is 24.7 cm³/mol. The van der Waals surface area contributed by atoms with E-state index in [1.807, 2.05) is 0 Å². The minimum atomic E-state index is -0.306. The summed E-state index contributed by atoms with van der Waals surface area (Å²) >= 11 is -0.306. The maximum atomic E-state index is 4.85. The van der Waals surface area contributed by atoms with Crippen LogP contribution < -0.4 is 0 Å². The van der Waals surface area contributed by atoms with Crippen LogP contribution in [0.3, 0.4) is 0 Å². The molecule has 25 valence electrons. The van der Waals surface area contributed by atoms with Gasteiger partial charge in [0.05, 0.1) is 0 Å². The molecule has 0 unspecified atom stereocenters. The summed E-state index contributed by atoms with van der Waals surface area (Å²) in [7, 11) is 9.69. The zero-order valence-corrected chi connectivity index (χ0v) is 5.22. The Morgan fingerprint density at radius 3 is 1.25 bits per heavy atom. The highest BCUT2D eigenvalue weighted by Crippen LogP contribution is 1.67. The fraction of sp³-hybridized carbons (Fsp3) is 0. The van der Waals surface area contributed by atoms with E-state index in [4.69, 9.17) is 20.1 Å². The van der Waals surface area contributed by atoms with Crippen LogP contribution in [0.15, 0.2) is 0 Å². The van der Waals surface area contributed by atoms with Gasteiger partial charge in [-0.05, 0) is 0 Å². The first kappa shape index (κ1) is 9.04. The highest BCUT2D eigenvalue weighted by molar-refractivity contribution is 7.22. The summed E-state index contributed by atoms with van der Waals surface area (Å²) in [6.45, 7) is 0. The lowest BCUT2D eigenvalue weighted by Gasteiger charge is -1.34. The van der Waals surface area contributed by atoms with Crippen molar-refractivity contribution in [1.29, 1.82) is 0 Å². The quantitative estimate of drug-likeness (QED) is 0.440. The smallest absolute Gasteiger partial charge is 0.248 e. The SMILES string of the molecule is Cl.[Cl][Al][Cl]. The van der Waals surface area contributed by atoms with Crippen molar-refractivity contribution in [1.82, 2.24) is 0 Å². The summed E-state index contributed by atoms with van der Waals surface area (Å²) in [5.74, 6) is 0. The molecule has 0 aromatic heterocycles. The van der Waals surface area contributed by atoms with Crippen molar-refractivity contribution >= 4 is 45.9 Å². The summed E-state index contributed by atoms with van der Waals surface area (Å²) in [6, 6.07) is 0. The van der Waals surface area contributed by atoms with Crippen molar-refractivity contribution in [3.8, 4) is 0 Å². The van der Waals surface area contributed by atoms with E-state index in [0.29, 0.717) is 0 Å². The average Bonchev–Trinajstić information content (AvgIpc) is 0.918. The Bertz CT molecular complexity index is 3.25. The van der Waals surface area contributed by atoms with Crippen LogP contribution in [-0.4, -0.2) is 13.4 Å². The lowest BCUT2D eigenvalue weighted by molar-refractivity contribution is 4.39. The van der Waals surface area contributed by atoms with Crippen molar-refractivity contribution in [2.75, 3.05) is 0 Å². The molecule has 1 radical (unpaired) electrons. The minimum absolute atomic E-state index is 0. The van der Waals surface area contributed by atoms with E-state index in [0.717, 1.165) is 0 Å². The Hall–Kier alpha value is 1.40. The first-order valence-corrected chi connectivity index (χ1v) is 3.93. The summed E-state index contributed by atoms with van der Waals surface area (Å²) in [5.41, 5.74) is 0. The monoisotopic (exact) mass is 133 g/mol. The lowest BCUT2D eigenvalue weighted by atomic mass is 26.8. The van der Waals surface area contributed by atoms with Gasteiger partial charge in [-0.1, -0.05) is 0 Å². The van der Waals surface area contributed by atoms with Gasteiger partial charge >= 0.3 is 13.4 Å². The van der Waals surface area contributed by atoms with E-state index >= 15 is 0 Å². The normalized spacial score (nSPS) is 3.50. The van der Waals surface area contributed by atoms with Crippen LogP contribution in [0.2, 0.25) is 0 Å². The lowest BCUT2D eigenvalue weighted by Crippen LogP contribution is -1.36. The number of hydrogen-bond donors (Lipinski definition) is 0. The summed E-state index contributed by atoms with van der Waals surface area (Å²) in [6.07, 6.45) is 0. The molecule has 0 N–H and O–H groups in total. The van der Waals surface area contributed by atoms with Gasteiger partial charge in [-0.2, -0.15) is 0 Å². The number of rotatable bonds is 0. The van der Waals surface area contributed by atoms with Crippen LogP contribution in [-0.2, 0) is 0 Å². The topological polar surface area (TPSA) is 0 Å². The highest BCUT2D eigenvalue weighted by atomic mass is 35.7. The fourth-order valence-electron chi connectivity index (χ4n) is 0. The van der Waals surface area contributed by atoms with Gasteiger partial charge in [-0.25, -0.2) is 20.1 Å². The van der Waals surface area contributed by atoms with E-state index < -0.39 is 0 Å². The molecule has 0 rings (SSSR count). The molecule has 0 bridgehead atoms. The van der Waals surface area contributed by atoms with Gasteiger partial charge < -0.3 is 0 Å². The molecule has 0 spiro atoms. The fourth-order valence-corrected chi connectivity index (χ4v) is 0. The third-order valence-electron chi connectivity index (χ3n) is 0. The van der Waals surface area contributed by atoms with E-state index in [1.54, 1.807) is 0 Å². The van der Waals surface area contributed by atoms with E-state index in [2.05, 4.69) is 0 Å². The molecular formula is HAlCl3. The largest absolute Gasteiger partial charge is 0.495 e. The van der Waals surface area contributed by atoms with Crippen molar-refractivity contribution in [2.45, 2.75) is 0 Å². The Kier molecular flexibility index (Phi) is 20.0. The Morgan fingerprint density at radius 1 is 1.25 bits per heavy atom. The Balaban J connectivity index is 0. The Labute approximate surface area is 46.0 Å². The first-order valence-electron chi connectivity index (χ1n) is 0.436. The second-order valence-corrected chi connectivity index (χ2v) is 2.23. The first-order chi connectivity index (χ1) is 1.41. The van der Waals surface area contributed by atoms with E-state index in [1.165, 1.54) is 0 Å². The van der Waals surface area contributed by atoms with Crippen LogP contribution in [0.1, 0.15) is 0 Å². The van der Waals surface area contributed by atoms with Crippen LogP contribution in [0, 0.1) is 0 Å². The summed E-state index contributed by atoms with van der Waals surface area (Å²) < 4.78 is 0. The molecular weight excluding hydrogens is 133 g/mol. The van der Waals surface area contributed by atoms with Gasteiger partial charge in [-0.3, -0.25) is 0 Å². The molecule has 0 atom stereocenters. The van der Waals surface area contributed by atoms with Crippen LogP contribution in [0.25, 0.3) is 0 Å². The molecule has 0 aliphatic carbocycles.